The van der Waals surface area contributed by atoms with Crippen LogP contribution in [0.2, 0.25) is 0 Å². The third-order valence-corrected chi connectivity index (χ3v) is 2.22. The van der Waals surface area contributed by atoms with Crippen molar-refractivity contribution in [1.29, 1.82) is 0 Å². The number of hydrogen-bond donors (Lipinski definition) is 2. The second-order valence-electron chi connectivity index (χ2n) is 3.61. The summed E-state index contributed by atoms with van der Waals surface area (Å²) in [7, 11) is 0. The van der Waals surface area contributed by atoms with Gasteiger partial charge in [-0.15, -0.1) is 6.58 Å². The van der Waals surface area contributed by atoms with Gasteiger partial charge in [0.2, 0.25) is 0 Å². The fraction of sp³-hybridized carbons (Fsp3) is 0.333. The largest absolute Gasteiger partial charge is 0.397 e. The molecule has 0 heterocycles. The Morgan fingerprint density at radius 1 is 1.57 bits per heavy atom. The first-order valence-electron chi connectivity index (χ1n) is 4.87. The summed E-state index contributed by atoms with van der Waals surface area (Å²) >= 11 is 0. The van der Waals surface area contributed by atoms with Gasteiger partial charge < -0.3 is 11.1 Å². The van der Waals surface area contributed by atoms with Crippen LogP contribution in [-0.2, 0) is 0 Å². The Hall–Kier alpha value is -1.44. The highest BCUT2D eigenvalue weighted by molar-refractivity contribution is 5.70. The number of anilines is 2. The molecule has 2 nitrogen and oxygen atoms in total. The number of para-hydroxylation sites is 1. The molecule has 1 unspecified atom stereocenters. The zero-order valence-electron chi connectivity index (χ0n) is 8.88. The van der Waals surface area contributed by atoms with Crippen molar-refractivity contribution in [2.24, 2.45) is 0 Å². The molecule has 76 valence electrons. The lowest BCUT2D eigenvalue weighted by atomic mass is 10.1. The minimum Gasteiger partial charge on any atom is -0.397 e. The maximum atomic E-state index is 5.88. The van der Waals surface area contributed by atoms with E-state index < -0.39 is 0 Å². The van der Waals surface area contributed by atoms with Gasteiger partial charge in [0.25, 0.3) is 0 Å². The average Bonchev–Trinajstić information content (AvgIpc) is 2.12. The highest BCUT2D eigenvalue weighted by atomic mass is 14.9. The van der Waals surface area contributed by atoms with Crippen molar-refractivity contribution in [3.8, 4) is 0 Å². The van der Waals surface area contributed by atoms with Gasteiger partial charge in [0.15, 0.2) is 0 Å². The van der Waals surface area contributed by atoms with Crippen molar-refractivity contribution in [2.75, 3.05) is 11.1 Å². The van der Waals surface area contributed by atoms with Crippen LogP contribution in [0.25, 0.3) is 0 Å². The Balaban J connectivity index is 2.80. The van der Waals surface area contributed by atoms with Gasteiger partial charge in [-0.05, 0) is 31.9 Å². The molecule has 1 aromatic rings. The second-order valence-corrected chi connectivity index (χ2v) is 3.61. The Labute approximate surface area is 85.8 Å². The molecular formula is C12H18N2. The number of aryl methyl sites for hydroxylation is 1. The van der Waals surface area contributed by atoms with Crippen LogP contribution in [0, 0.1) is 6.92 Å². The SMILES string of the molecule is C=CCC(C)Nc1c(C)cccc1N. The van der Waals surface area contributed by atoms with Crippen LogP contribution in [0.5, 0.6) is 0 Å². The van der Waals surface area contributed by atoms with Gasteiger partial charge >= 0.3 is 0 Å². The maximum absolute atomic E-state index is 5.88. The second kappa shape index (κ2) is 4.70. The van der Waals surface area contributed by atoms with Gasteiger partial charge in [-0.2, -0.15) is 0 Å². The summed E-state index contributed by atoms with van der Waals surface area (Å²) in [5.74, 6) is 0. The molecule has 14 heavy (non-hydrogen) atoms. The van der Waals surface area contributed by atoms with E-state index in [1.54, 1.807) is 0 Å². The van der Waals surface area contributed by atoms with Crippen molar-refractivity contribution in [2.45, 2.75) is 26.3 Å². The molecule has 0 amide bonds. The maximum Gasteiger partial charge on any atom is 0.0605 e. The fourth-order valence-electron chi connectivity index (χ4n) is 1.44. The van der Waals surface area contributed by atoms with E-state index in [0.717, 1.165) is 17.8 Å². The smallest absolute Gasteiger partial charge is 0.0605 e. The van der Waals surface area contributed by atoms with Crippen molar-refractivity contribution >= 4 is 11.4 Å². The molecule has 0 aliphatic heterocycles. The zero-order valence-corrected chi connectivity index (χ0v) is 8.88. The van der Waals surface area contributed by atoms with Gasteiger partial charge in [0, 0.05) is 6.04 Å². The predicted octanol–water partition coefficient (Wildman–Crippen LogP) is 2.95. The molecule has 0 aliphatic rings. The van der Waals surface area contributed by atoms with Crippen molar-refractivity contribution in [1.82, 2.24) is 0 Å². The Morgan fingerprint density at radius 3 is 2.86 bits per heavy atom. The molecule has 0 spiro atoms. The number of nitrogen functional groups attached to an aromatic ring is 1. The fourth-order valence-corrected chi connectivity index (χ4v) is 1.44. The van der Waals surface area contributed by atoms with Gasteiger partial charge in [0.1, 0.15) is 0 Å². The molecule has 1 aromatic carbocycles. The third kappa shape index (κ3) is 2.52. The number of rotatable bonds is 4. The van der Waals surface area contributed by atoms with Crippen LogP contribution in [-0.4, -0.2) is 6.04 Å². The van der Waals surface area contributed by atoms with E-state index in [0.29, 0.717) is 6.04 Å². The Bertz CT molecular complexity index is 298. The first-order valence-corrected chi connectivity index (χ1v) is 4.87. The molecule has 1 rings (SSSR count). The van der Waals surface area contributed by atoms with Gasteiger partial charge in [-0.25, -0.2) is 0 Å². The van der Waals surface area contributed by atoms with Gasteiger partial charge in [0.05, 0.1) is 11.4 Å². The lowest BCUT2D eigenvalue weighted by Gasteiger charge is -2.17. The van der Waals surface area contributed by atoms with E-state index in [-0.39, 0.29) is 0 Å². The molecule has 2 heteroatoms. The van der Waals surface area contributed by atoms with E-state index >= 15 is 0 Å². The van der Waals surface area contributed by atoms with Crippen LogP contribution < -0.4 is 11.1 Å². The van der Waals surface area contributed by atoms with E-state index in [2.05, 4.69) is 31.8 Å². The molecule has 0 bridgehead atoms. The molecule has 3 N–H and O–H groups in total. The quantitative estimate of drug-likeness (QED) is 0.566. The zero-order chi connectivity index (χ0) is 10.6. The summed E-state index contributed by atoms with van der Waals surface area (Å²) in [6, 6.07) is 6.31. The predicted molar refractivity (Wildman–Crippen MR) is 63.5 cm³/mol. The third-order valence-electron chi connectivity index (χ3n) is 2.22. The summed E-state index contributed by atoms with van der Waals surface area (Å²) in [5.41, 5.74) is 8.91. The van der Waals surface area contributed by atoms with E-state index in [1.165, 1.54) is 5.56 Å². The summed E-state index contributed by atoms with van der Waals surface area (Å²) in [6.45, 7) is 7.89. The number of hydrogen-bond acceptors (Lipinski definition) is 2. The normalized spacial score (nSPS) is 12.1. The summed E-state index contributed by atoms with van der Waals surface area (Å²) < 4.78 is 0. The van der Waals surface area contributed by atoms with Crippen molar-refractivity contribution < 1.29 is 0 Å². The Kier molecular flexibility index (Phi) is 3.57. The minimum absolute atomic E-state index is 0.371. The van der Waals surface area contributed by atoms with Crippen LogP contribution in [0.1, 0.15) is 18.9 Å². The average molecular weight is 190 g/mol. The Morgan fingerprint density at radius 2 is 2.29 bits per heavy atom. The monoisotopic (exact) mass is 190 g/mol. The van der Waals surface area contributed by atoms with Crippen LogP contribution in [0.3, 0.4) is 0 Å². The lowest BCUT2D eigenvalue weighted by molar-refractivity contribution is 0.813. The first kappa shape index (κ1) is 10.6. The van der Waals surface area contributed by atoms with Crippen molar-refractivity contribution in [3.63, 3.8) is 0 Å². The van der Waals surface area contributed by atoms with Crippen LogP contribution in [0.4, 0.5) is 11.4 Å². The van der Waals surface area contributed by atoms with Crippen molar-refractivity contribution in [3.05, 3.63) is 36.4 Å². The van der Waals surface area contributed by atoms with Gasteiger partial charge in [-0.1, -0.05) is 18.2 Å². The highest BCUT2D eigenvalue weighted by Crippen LogP contribution is 2.23. The number of nitrogens with one attached hydrogen (secondary N) is 1. The van der Waals surface area contributed by atoms with E-state index in [4.69, 9.17) is 5.73 Å². The topological polar surface area (TPSA) is 38.0 Å². The lowest BCUT2D eigenvalue weighted by Crippen LogP contribution is -2.15. The molecular weight excluding hydrogens is 172 g/mol. The molecule has 0 radical (unpaired) electrons. The molecule has 0 saturated carbocycles. The van der Waals surface area contributed by atoms with Crippen LogP contribution in [0.15, 0.2) is 30.9 Å². The first-order chi connectivity index (χ1) is 6.65. The molecule has 0 aliphatic carbocycles. The molecule has 1 atom stereocenters. The number of benzene rings is 1. The molecule has 0 saturated heterocycles. The van der Waals surface area contributed by atoms with E-state index in [1.807, 2.05) is 18.2 Å². The highest BCUT2D eigenvalue weighted by Gasteiger charge is 2.05. The molecule has 0 aromatic heterocycles. The van der Waals surface area contributed by atoms with Gasteiger partial charge in [-0.3, -0.25) is 0 Å². The summed E-state index contributed by atoms with van der Waals surface area (Å²) in [5, 5.41) is 3.38. The standard InChI is InChI=1S/C12H18N2/c1-4-6-10(3)14-12-9(2)7-5-8-11(12)13/h4-5,7-8,10,14H,1,6,13H2,2-3H3. The van der Waals surface area contributed by atoms with Crippen LogP contribution >= 0.6 is 0 Å². The summed E-state index contributed by atoms with van der Waals surface area (Å²) in [4.78, 5) is 0. The summed E-state index contributed by atoms with van der Waals surface area (Å²) in [6.07, 6.45) is 2.85. The molecule has 0 fully saturated rings. The number of nitrogens with two attached hydrogens (primary N) is 1. The minimum atomic E-state index is 0.371. The van der Waals surface area contributed by atoms with E-state index in [9.17, 15) is 0 Å².